The molecule has 0 spiro atoms. The predicted octanol–water partition coefficient (Wildman–Crippen LogP) is 3.13. The van der Waals surface area contributed by atoms with Gasteiger partial charge in [-0.1, -0.05) is 11.8 Å². The Morgan fingerprint density at radius 3 is 2.71 bits per heavy atom. The second kappa shape index (κ2) is 5.33. The van der Waals surface area contributed by atoms with Crippen molar-refractivity contribution in [1.29, 1.82) is 0 Å². The number of rotatable bonds is 4. The minimum absolute atomic E-state index is 0.0443. The van der Waals surface area contributed by atoms with Crippen LogP contribution in [0.2, 0.25) is 0 Å². The summed E-state index contributed by atoms with van der Waals surface area (Å²) in [4.78, 5) is 16.1. The van der Waals surface area contributed by atoms with Crippen LogP contribution in [0.25, 0.3) is 0 Å². The molecule has 17 heavy (non-hydrogen) atoms. The van der Waals surface area contributed by atoms with Gasteiger partial charge < -0.3 is 5.11 Å². The molecule has 1 N–H and O–H groups in total. The maximum absolute atomic E-state index is 11.8. The second-order valence-corrected chi connectivity index (χ2v) is 5.59. The Hall–Kier alpha value is -1.33. The van der Waals surface area contributed by atoms with E-state index in [1.807, 2.05) is 12.3 Å². The lowest BCUT2D eigenvalue weighted by Gasteiger charge is -1.99. The van der Waals surface area contributed by atoms with Crippen molar-refractivity contribution in [3.05, 3.63) is 40.9 Å². The highest BCUT2D eigenvalue weighted by atomic mass is 32.2. The minimum Gasteiger partial charge on any atom is -0.508 e. The highest BCUT2D eigenvalue weighted by Gasteiger charge is 2.08. The summed E-state index contributed by atoms with van der Waals surface area (Å²) in [6, 6.07) is 6.30. The van der Waals surface area contributed by atoms with Crippen LogP contribution in [0.5, 0.6) is 5.75 Å². The standard InChI is InChI=1S/C12H11NO2S2/c1-8-6-16-12(13-8)17-7-11(15)9-2-4-10(14)5-3-9/h2-6,14H,7H2,1H3. The van der Waals surface area contributed by atoms with E-state index >= 15 is 0 Å². The molecule has 5 heteroatoms. The largest absolute Gasteiger partial charge is 0.508 e. The molecule has 1 aromatic heterocycles. The number of nitrogens with zero attached hydrogens (tertiary/aromatic N) is 1. The Kier molecular flexibility index (Phi) is 3.81. The Labute approximate surface area is 108 Å². The number of aromatic nitrogens is 1. The molecule has 0 bridgehead atoms. The lowest BCUT2D eigenvalue weighted by Crippen LogP contribution is -2.01. The van der Waals surface area contributed by atoms with E-state index in [1.54, 1.807) is 23.5 Å². The van der Waals surface area contributed by atoms with E-state index in [1.165, 1.54) is 23.9 Å². The van der Waals surface area contributed by atoms with Gasteiger partial charge in [-0.3, -0.25) is 4.79 Å². The van der Waals surface area contributed by atoms with Gasteiger partial charge in [-0.15, -0.1) is 11.3 Å². The predicted molar refractivity (Wildman–Crippen MR) is 70.0 cm³/mol. The number of phenolic OH excluding ortho intramolecular Hbond substituents is 1. The number of benzene rings is 1. The number of thioether (sulfide) groups is 1. The average molecular weight is 265 g/mol. The topological polar surface area (TPSA) is 50.2 Å². The first-order chi connectivity index (χ1) is 8.15. The third kappa shape index (κ3) is 3.31. The van der Waals surface area contributed by atoms with Gasteiger partial charge in [0.2, 0.25) is 0 Å². The number of hydrogen-bond donors (Lipinski definition) is 1. The summed E-state index contributed by atoms with van der Waals surface area (Å²) in [5.74, 6) is 0.588. The zero-order valence-electron chi connectivity index (χ0n) is 9.21. The normalized spacial score (nSPS) is 10.4. The highest BCUT2D eigenvalue weighted by molar-refractivity contribution is 8.01. The average Bonchev–Trinajstić information content (AvgIpc) is 2.73. The first-order valence-electron chi connectivity index (χ1n) is 5.02. The van der Waals surface area contributed by atoms with Crippen molar-refractivity contribution in [2.75, 3.05) is 5.75 Å². The maximum Gasteiger partial charge on any atom is 0.173 e. The lowest BCUT2D eigenvalue weighted by atomic mass is 10.1. The third-order valence-electron chi connectivity index (χ3n) is 2.11. The van der Waals surface area contributed by atoms with E-state index in [0.29, 0.717) is 11.3 Å². The summed E-state index contributed by atoms with van der Waals surface area (Å²) >= 11 is 2.99. The first kappa shape index (κ1) is 12.1. The molecular formula is C12H11NO2S2. The van der Waals surface area contributed by atoms with Crippen LogP contribution in [0.4, 0.5) is 0 Å². The lowest BCUT2D eigenvalue weighted by molar-refractivity contribution is 0.102. The summed E-state index contributed by atoms with van der Waals surface area (Å²) in [7, 11) is 0. The summed E-state index contributed by atoms with van der Waals surface area (Å²) < 4.78 is 0.912. The quantitative estimate of drug-likeness (QED) is 0.681. The van der Waals surface area contributed by atoms with Crippen molar-refractivity contribution in [3.8, 4) is 5.75 Å². The highest BCUT2D eigenvalue weighted by Crippen LogP contribution is 2.23. The molecule has 1 aromatic carbocycles. The van der Waals surface area contributed by atoms with Crippen molar-refractivity contribution in [1.82, 2.24) is 4.98 Å². The molecule has 0 unspecified atom stereocenters. The van der Waals surface area contributed by atoms with E-state index in [-0.39, 0.29) is 11.5 Å². The maximum atomic E-state index is 11.8. The van der Waals surface area contributed by atoms with Gasteiger partial charge in [0.05, 0.1) is 5.75 Å². The smallest absolute Gasteiger partial charge is 0.173 e. The van der Waals surface area contributed by atoms with Crippen LogP contribution < -0.4 is 0 Å². The van der Waals surface area contributed by atoms with E-state index in [0.717, 1.165) is 10.0 Å². The monoisotopic (exact) mass is 265 g/mol. The minimum atomic E-state index is 0.0443. The van der Waals surface area contributed by atoms with E-state index < -0.39 is 0 Å². The molecule has 0 aliphatic carbocycles. The second-order valence-electron chi connectivity index (χ2n) is 3.51. The van der Waals surface area contributed by atoms with Gasteiger partial charge in [-0.05, 0) is 31.2 Å². The number of thiazole rings is 1. The van der Waals surface area contributed by atoms with Crippen molar-refractivity contribution in [2.24, 2.45) is 0 Å². The fraction of sp³-hybridized carbons (Fsp3) is 0.167. The van der Waals surface area contributed by atoms with E-state index in [9.17, 15) is 4.79 Å². The van der Waals surface area contributed by atoms with Crippen LogP contribution in [0.1, 0.15) is 16.1 Å². The molecule has 0 saturated heterocycles. The first-order valence-corrected chi connectivity index (χ1v) is 6.89. The van der Waals surface area contributed by atoms with Crippen LogP contribution in [0.15, 0.2) is 34.0 Å². The summed E-state index contributed by atoms with van der Waals surface area (Å²) in [5.41, 5.74) is 1.60. The number of aryl methyl sites for hydroxylation is 1. The van der Waals surface area contributed by atoms with Crippen LogP contribution in [-0.2, 0) is 0 Å². The summed E-state index contributed by atoms with van der Waals surface area (Å²) in [5, 5.41) is 11.1. The van der Waals surface area contributed by atoms with Crippen LogP contribution in [0, 0.1) is 6.92 Å². The molecule has 2 rings (SSSR count). The van der Waals surface area contributed by atoms with Crippen LogP contribution in [0.3, 0.4) is 0 Å². The molecule has 2 aromatic rings. The number of phenols is 1. The molecule has 0 radical (unpaired) electrons. The molecule has 1 heterocycles. The fourth-order valence-electron chi connectivity index (χ4n) is 1.26. The van der Waals surface area contributed by atoms with Crippen molar-refractivity contribution >= 4 is 28.9 Å². The molecular weight excluding hydrogens is 254 g/mol. The Morgan fingerprint density at radius 2 is 2.12 bits per heavy atom. The fourth-order valence-corrected chi connectivity index (χ4v) is 3.00. The molecule has 0 atom stereocenters. The number of Topliss-reactive ketones (excluding diaryl/α,β-unsaturated/α-hetero) is 1. The third-order valence-corrected chi connectivity index (χ3v) is 4.25. The van der Waals surface area contributed by atoms with Gasteiger partial charge >= 0.3 is 0 Å². The number of aromatic hydroxyl groups is 1. The zero-order chi connectivity index (χ0) is 12.3. The molecule has 3 nitrogen and oxygen atoms in total. The summed E-state index contributed by atoms with van der Waals surface area (Å²) in [6.45, 7) is 1.93. The molecule has 0 aliphatic rings. The van der Waals surface area contributed by atoms with Gasteiger partial charge in [-0.2, -0.15) is 0 Å². The molecule has 0 amide bonds. The van der Waals surface area contributed by atoms with Crippen LogP contribution in [-0.4, -0.2) is 21.6 Å². The van der Waals surface area contributed by atoms with Gasteiger partial charge in [0.15, 0.2) is 10.1 Å². The van der Waals surface area contributed by atoms with Gasteiger partial charge in [0.1, 0.15) is 5.75 Å². The number of carbonyl (C=O) groups is 1. The van der Waals surface area contributed by atoms with E-state index in [2.05, 4.69) is 4.98 Å². The van der Waals surface area contributed by atoms with E-state index in [4.69, 9.17) is 5.11 Å². The molecule has 0 fully saturated rings. The van der Waals surface area contributed by atoms with Crippen molar-refractivity contribution in [3.63, 3.8) is 0 Å². The molecule has 88 valence electrons. The Balaban J connectivity index is 1.95. The van der Waals surface area contributed by atoms with Gasteiger partial charge in [0, 0.05) is 16.6 Å². The molecule has 0 aliphatic heterocycles. The van der Waals surface area contributed by atoms with Crippen LogP contribution >= 0.6 is 23.1 Å². The number of hydrogen-bond acceptors (Lipinski definition) is 5. The van der Waals surface area contributed by atoms with Gasteiger partial charge in [-0.25, -0.2) is 4.98 Å². The molecule has 0 saturated carbocycles. The summed E-state index contributed by atoms with van der Waals surface area (Å²) in [6.07, 6.45) is 0. The van der Waals surface area contributed by atoms with Crippen molar-refractivity contribution in [2.45, 2.75) is 11.3 Å². The number of carbonyl (C=O) groups excluding carboxylic acids is 1. The van der Waals surface area contributed by atoms with Gasteiger partial charge in [0.25, 0.3) is 0 Å². The zero-order valence-corrected chi connectivity index (χ0v) is 10.8. The number of ketones is 1. The Bertz CT molecular complexity index is 520. The van der Waals surface area contributed by atoms with Crippen molar-refractivity contribution < 1.29 is 9.90 Å². The Morgan fingerprint density at radius 1 is 1.41 bits per heavy atom. The SMILES string of the molecule is Cc1csc(SCC(=O)c2ccc(O)cc2)n1.